The minimum absolute atomic E-state index is 0.748. The van der Waals surface area contributed by atoms with Crippen LogP contribution in [0.2, 0.25) is 0 Å². The SMILES string of the molecule is Brc1cc(Oc2cccc(-n3cc(-c4ccccc4)cn3)c2)cc2c3ccccc3n(-c3ccccc3)c12. The number of benzene rings is 5. The monoisotopic (exact) mass is 555 g/mol. The molecule has 0 fully saturated rings. The maximum atomic E-state index is 6.40. The van der Waals surface area contributed by atoms with E-state index in [9.17, 15) is 0 Å². The van der Waals surface area contributed by atoms with Crippen molar-refractivity contribution in [2.45, 2.75) is 0 Å². The van der Waals surface area contributed by atoms with E-state index in [0.717, 1.165) is 54.9 Å². The molecule has 4 nitrogen and oxygen atoms in total. The first-order chi connectivity index (χ1) is 18.7. The van der Waals surface area contributed by atoms with Gasteiger partial charge in [0.1, 0.15) is 11.5 Å². The third-order valence-corrected chi connectivity index (χ3v) is 7.32. The lowest BCUT2D eigenvalue weighted by Crippen LogP contribution is -1.95. The summed E-state index contributed by atoms with van der Waals surface area (Å²) in [6, 6.07) is 41.3. The van der Waals surface area contributed by atoms with Gasteiger partial charge in [-0.05, 0) is 64.0 Å². The molecule has 0 radical (unpaired) electrons. The Morgan fingerprint density at radius 3 is 2.18 bits per heavy atom. The Labute approximate surface area is 228 Å². The molecule has 0 aliphatic carbocycles. The number of hydrogen-bond donors (Lipinski definition) is 0. The summed E-state index contributed by atoms with van der Waals surface area (Å²) in [7, 11) is 0. The summed E-state index contributed by atoms with van der Waals surface area (Å²) in [6.07, 6.45) is 3.92. The van der Waals surface area contributed by atoms with Crippen LogP contribution in [-0.2, 0) is 0 Å². The summed E-state index contributed by atoms with van der Waals surface area (Å²) in [5.74, 6) is 1.51. The van der Waals surface area contributed by atoms with Crippen molar-refractivity contribution < 1.29 is 4.74 Å². The second kappa shape index (κ2) is 9.36. The largest absolute Gasteiger partial charge is 0.457 e. The molecule has 2 heterocycles. The normalized spacial score (nSPS) is 11.3. The number of hydrogen-bond acceptors (Lipinski definition) is 2. The van der Waals surface area contributed by atoms with Crippen LogP contribution in [0.1, 0.15) is 0 Å². The van der Waals surface area contributed by atoms with Crippen molar-refractivity contribution in [3.8, 4) is 34.0 Å². The summed E-state index contributed by atoms with van der Waals surface area (Å²) in [6.45, 7) is 0. The number of para-hydroxylation sites is 2. The molecule has 0 N–H and O–H groups in total. The van der Waals surface area contributed by atoms with Crippen molar-refractivity contribution in [2.75, 3.05) is 0 Å². The van der Waals surface area contributed by atoms with Crippen molar-refractivity contribution in [2.24, 2.45) is 0 Å². The van der Waals surface area contributed by atoms with E-state index in [-0.39, 0.29) is 0 Å². The molecule has 0 unspecified atom stereocenters. The van der Waals surface area contributed by atoms with E-state index in [0.29, 0.717) is 0 Å². The Balaban J connectivity index is 1.27. The van der Waals surface area contributed by atoms with Crippen LogP contribution in [0.5, 0.6) is 11.5 Å². The zero-order valence-electron chi connectivity index (χ0n) is 20.3. The summed E-state index contributed by atoms with van der Waals surface area (Å²) in [5.41, 5.74) is 6.53. The fraction of sp³-hybridized carbons (Fsp3) is 0. The predicted molar refractivity (Wildman–Crippen MR) is 158 cm³/mol. The number of rotatable bonds is 5. The lowest BCUT2D eigenvalue weighted by atomic mass is 10.1. The van der Waals surface area contributed by atoms with E-state index in [1.54, 1.807) is 0 Å². The van der Waals surface area contributed by atoms with Gasteiger partial charge in [0.2, 0.25) is 0 Å². The van der Waals surface area contributed by atoms with Crippen molar-refractivity contribution in [1.82, 2.24) is 14.3 Å². The summed E-state index contributed by atoms with van der Waals surface area (Å²) >= 11 is 3.85. The minimum Gasteiger partial charge on any atom is -0.457 e. The molecule has 182 valence electrons. The highest BCUT2D eigenvalue weighted by Gasteiger charge is 2.16. The number of aromatic nitrogens is 3. The smallest absolute Gasteiger partial charge is 0.129 e. The van der Waals surface area contributed by atoms with Crippen molar-refractivity contribution in [3.63, 3.8) is 0 Å². The van der Waals surface area contributed by atoms with E-state index in [1.807, 2.05) is 71.7 Å². The molecule has 7 aromatic rings. The van der Waals surface area contributed by atoms with Gasteiger partial charge in [0, 0.05) is 38.8 Å². The Hall–Kier alpha value is -4.61. The average molecular weight is 556 g/mol. The molecule has 5 aromatic carbocycles. The zero-order chi connectivity index (χ0) is 25.5. The van der Waals surface area contributed by atoms with Crippen LogP contribution >= 0.6 is 15.9 Å². The fourth-order valence-corrected chi connectivity index (χ4v) is 5.61. The van der Waals surface area contributed by atoms with Gasteiger partial charge in [-0.2, -0.15) is 5.10 Å². The van der Waals surface area contributed by atoms with Gasteiger partial charge in [0.05, 0.1) is 22.9 Å². The number of fused-ring (bicyclic) bond motifs is 3. The van der Waals surface area contributed by atoms with Crippen LogP contribution < -0.4 is 4.74 Å². The Kier molecular flexibility index (Phi) is 5.56. The van der Waals surface area contributed by atoms with Crippen LogP contribution in [0.15, 0.2) is 138 Å². The van der Waals surface area contributed by atoms with Crippen molar-refractivity contribution >= 4 is 37.7 Å². The first-order valence-electron chi connectivity index (χ1n) is 12.4. The van der Waals surface area contributed by atoms with Crippen LogP contribution in [0, 0.1) is 0 Å². The van der Waals surface area contributed by atoms with E-state index in [2.05, 4.69) is 92.3 Å². The highest BCUT2D eigenvalue weighted by molar-refractivity contribution is 9.10. The lowest BCUT2D eigenvalue weighted by Gasteiger charge is -2.11. The zero-order valence-corrected chi connectivity index (χ0v) is 21.9. The molecule has 0 saturated heterocycles. The second-order valence-electron chi connectivity index (χ2n) is 9.13. The van der Waals surface area contributed by atoms with E-state index >= 15 is 0 Å². The highest BCUT2D eigenvalue weighted by Crippen LogP contribution is 2.40. The highest BCUT2D eigenvalue weighted by atomic mass is 79.9. The molecule has 0 spiro atoms. The van der Waals surface area contributed by atoms with Crippen LogP contribution in [0.3, 0.4) is 0 Å². The Bertz CT molecular complexity index is 1910. The Morgan fingerprint density at radius 2 is 1.34 bits per heavy atom. The molecule has 0 aliphatic rings. The molecule has 7 rings (SSSR count). The molecule has 0 atom stereocenters. The summed E-state index contributed by atoms with van der Waals surface area (Å²) in [5, 5.41) is 6.89. The van der Waals surface area contributed by atoms with Gasteiger partial charge in [-0.3, -0.25) is 0 Å². The topological polar surface area (TPSA) is 32.0 Å². The molecule has 38 heavy (non-hydrogen) atoms. The molecule has 0 aliphatic heterocycles. The lowest BCUT2D eigenvalue weighted by molar-refractivity contribution is 0.482. The summed E-state index contributed by atoms with van der Waals surface area (Å²) < 4.78 is 11.5. The van der Waals surface area contributed by atoms with Crippen LogP contribution in [0.25, 0.3) is 44.3 Å². The molecule has 0 amide bonds. The van der Waals surface area contributed by atoms with Gasteiger partial charge >= 0.3 is 0 Å². The molecule has 2 aromatic heterocycles. The average Bonchev–Trinajstić information content (AvgIpc) is 3.59. The van der Waals surface area contributed by atoms with Crippen molar-refractivity contribution in [3.05, 3.63) is 138 Å². The van der Waals surface area contributed by atoms with Gasteiger partial charge in [-0.1, -0.05) is 72.8 Å². The molecule has 5 heteroatoms. The predicted octanol–water partition coefficient (Wildman–Crippen LogP) is 9.19. The fourth-order valence-electron chi connectivity index (χ4n) is 5.00. The van der Waals surface area contributed by atoms with E-state index in [4.69, 9.17) is 4.74 Å². The number of nitrogens with zero attached hydrogens (tertiary/aromatic N) is 3. The molecular weight excluding hydrogens is 534 g/mol. The molecule has 0 saturated carbocycles. The maximum Gasteiger partial charge on any atom is 0.129 e. The number of ether oxygens (including phenoxy) is 1. The minimum atomic E-state index is 0.748. The molecular formula is C33H22BrN3O. The standard InChI is InChI=1S/C33H22BrN3O/c34-31-20-28(19-30-29-16-7-8-17-32(29)37(33(30)31)25-12-5-2-6-13-25)38-27-15-9-14-26(18-27)36-22-24(21-35-36)23-10-3-1-4-11-23/h1-22H. The van der Waals surface area contributed by atoms with Crippen LogP contribution in [0.4, 0.5) is 0 Å². The van der Waals surface area contributed by atoms with Crippen LogP contribution in [-0.4, -0.2) is 14.3 Å². The molecule has 0 bridgehead atoms. The first-order valence-corrected chi connectivity index (χ1v) is 13.2. The number of halogens is 1. The van der Waals surface area contributed by atoms with Gasteiger partial charge in [0.15, 0.2) is 0 Å². The van der Waals surface area contributed by atoms with Gasteiger partial charge in [-0.15, -0.1) is 0 Å². The van der Waals surface area contributed by atoms with E-state index < -0.39 is 0 Å². The van der Waals surface area contributed by atoms with Gasteiger partial charge in [-0.25, -0.2) is 4.68 Å². The third kappa shape index (κ3) is 3.98. The quantitative estimate of drug-likeness (QED) is 0.212. The Morgan fingerprint density at radius 1 is 0.605 bits per heavy atom. The van der Waals surface area contributed by atoms with Crippen molar-refractivity contribution in [1.29, 1.82) is 0 Å². The maximum absolute atomic E-state index is 6.40. The van der Waals surface area contributed by atoms with Gasteiger partial charge < -0.3 is 9.30 Å². The third-order valence-electron chi connectivity index (χ3n) is 6.72. The first kappa shape index (κ1) is 22.6. The summed E-state index contributed by atoms with van der Waals surface area (Å²) in [4.78, 5) is 0. The second-order valence-corrected chi connectivity index (χ2v) is 9.98. The van der Waals surface area contributed by atoms with Gasteiger partial charge in [0.25, 0.3) is 0 Å². The van der Waals surface area contributed by atoms with E-state index in [1.165, 1.54) is 5.39 Å².